The Balaban J connectivity index is 1.92. The van der Waals surface area contributed by atoms with E-state index < -0.39 is 0 Å². The third kappa shape index (κ3) is 2.41. The van der Waals surface area contributed by atoms with Crippen molar-refractivity contribution in [1.82, 2.24) is 10.3 Å². The van der Waals surface area contributed by atoms with Gasteiger partial charge in [0.15, 0.2) is 0 Å². The maximum atomic E-state index is 11.8. The number of nitrogens with one attached hydrogen (secondary N) is 1. The zero-order chi connectivity index (χ0) is 11.5. The smallest absolute Gasteiger partial charge is 0.254 e. The Morgan fingerprint density at radius 2 is 2.38 bits per heavy atom. The van der Waals surface area contributed by atoms with E-state index in [1.165, 1.54) is 0 Å². The molecule has 1 fully saturated rings. The molecular weight excluding hydrogens is 272 g/mol. The molecule has 1 aromatic heterocycles. The summed E-state index contributed by atoms with van der Waals surface area (Å²) in [7, 11) is 1.69. The lowest BCUT2D eigenvalue weighted by molar-refractivity contribution is 0.0176. The van der Waals surface area contributed by atoms with E-state index >= 15 is 0 Å². The highest BCUT2D eigenvalue weighted by atomic mass is 79.9. The summed E-state index contributed by atoms with van der Waals surface area (Å²) in [6.45, 7) is 0. The fraction of sp³-hybridized carbons (Fsp3) is 0.455. The number of hydrogen-bond acceptors (Lipinski definition) is 3. The number of methoxy groups -OCH3 is 1. The number of pyridine rings is 1. The van der Waals surface area contributed by atoms with Gasteiger partial charge in [0, 0.05) is 19.3 Å². The Hall–Kier alpha value is -0.940. The molecule has 1 heterocycles. The highest BCUT2D eigenvalue weighted by Gasteiger charge is 2.30. The predicted octanol–water partition coefficient (Wildman–Crippen LogP) is 1.75. The van der Waals surface area contributed by atoms with Gasteiger partial charge in [0.1, 0.15) is 4.60 Å². The van der Waals surface area contributed by atoms with Gasteiger partial charge in [0.05, 0.1) is 11.7 Å². The third-order valence-corrected chi connectivity index (χ3v) is 3.40. The fourth-order valence-electron chi connectivity index (χ4n) is 1.69. The van der Waals surface area contributed by atoms with Crippen LogP contribution in [0.4, 0.5) is 0 Å². The van der Waals surface area contributed by atoms with Crippen molar-refractivity contribution in [2.45, 2.75) is 25.0 Å². The number of nitrogens with zero attached hydrogens (tertiary/aromatic N) is 1. The van der Waals surface area contributed by atoms with Gasteiger partial charge >= 0.3 is 0 Å². The Bertz CT molecular complexity index is 391. The quantitative estimate of drug-likeness (QED) is 0.861. The summed E-state index contributed by atoms with van der Waals surface area (Å²) >= 11 is 3.26. The number of ether oxygens (including phenoxy) is 1. The molecule has 0 spiro atoms. The van der Waals surface area contributed by atoms with E-state index in [-0.39, 0.29) is 11.9 Å². The normalized spacial score (nSPS) is 23.6. The molecule has 5 heteroatoms. The zero-order valence-electron chi connectivity index (χ0n) is 8.94. The largest absolute Gasteiger partial charge is 0.381 e. The molecule has 0 aromatic carbocycles. The van der Waals surface area contributed by atoms with E-state index in [9.17, 15) is 4.79 Å². The van der Waals surface area contributed by atoms with Crippen molar-refractivity contribution < 1.29 is 9.53 Å². The van der Waals surface area contributed by atoms with E-state index in [2.05, 4.69) is 26.2 Å². The molecule has 2 rings (SSSR count). The van der Waals surface area contributed by atoms with Crippen LogP contribution in [0.3, 0.4) is 0 Å². The summed E-state index contributed by atoms with van der Waals surface area (Å²) in [6.07, 6.45) is 3.72. The zero-order valence-corrected chi connectivity index (χ0v) is 10.5. The lowest BCUT2D eigenvalue weighted by Gasteiger charge is -2.34. The van der Waals surface area contributed by atoms with Crippen molar-refractivity contribution in [1.29, 1.82) is 0 Å². The van der Waals surface area contributed by atoms with Crippen LogP contribution in [0.1, 0.15) is 23.2 Å². The van der Waals surface area contributed by atoms with Gasteiger partial charge < -0.3 is 10.1 Å². The number of halogens is 1. The maximum absolute atomic E-state index is 11.8. The first kappa shape index (κ1) is 11.5. The third-order valence-electron chi connectivity index (χ3n) is 2.77. The average molecular weight is 285 g/mol. The highest BCUT2D eigenvalue weighted by molar-refractivity contribution is 9.10. The van der Waals surface area contributed by atoms with Crippen LogP contribution in [0, 0.1) is 0 Å². The van der Waals surface area contributed by atoms with E-state index in [1.54, 1.807) is 25.4 Å². The number of carbonyl (C=O) groups is 1. The van der Waals surface area contributed by atoms with Crippen LogP contribution in [0.25, 0.3) is 0 Å². The lowest BCUT2D eigenvalue weighted by atomic mass is 9.89. The monoisotopic (exact) mass is 284 g/mol. The van der Waals surface area contributed by atoms with Crippen molar-refractivity contribution in [3.8, 4) is 0 Å². The summed E-state index contributed by atoms with van der Waals surface area (Å²) in [5.41, 5.74) is 0.573. The molecule has 86 valence electrons. The van der Waals surface area contributed by atoms with Crippen molar-refractivity contribution >= 4 is 21.8 Å². The van der Waals surface area contributed by atoms with Crippen LogP contribution in [0.5, 0.6) is 0 Å². The van der Waals surface area contributed by atoms with E-state index in [4.69, 9.17) is 4.74 Å². The van der Waals surface area contributed by atoms with Gasteiger partial charge in [-0.1, -0.05) is 0 Å². The van der Waals surface area contributed by atoms with Gasteiger partial charge in [0.2, 0.25) is 0 Å². The topological polar surface area (TPSA) is 51.2 Å². The SMILES string of the molecule is COC1CC(NC(=O)c2cccnc2Br)C1. The second-order valence-electron chi connectivity index (χ2n) is 3.84. The fourth-order valence-corrected chi connectivity index (χ4v) is 2.12. The molecule has 1 aliphatic rings. The minimum Gasteiger partial charge on any atom is -0.381 e. The Morgan fingerprint density at radius 1 is 1.62 bits per heavy atom. The molecule has 0 bridgehead atoms. The molecule has 1 saturated carbocycles. The lowest BCUT2D eigenvalue weighted by Crippen LogP contribution is -2.47. The van der Waals surface area contributed by atoms with Crippen molar-refractivity contribution in [3.63, 3.8) is 0 Å². The standard InChI is InChI=1S/C11H13BrN2O2/c1-16-8-5-7(6-8)14-11(15)9-3-2-4-13-10(9)12/h2-4,7-8H,5-6H2,1H3,(H,14,15). The molecule has 1 amide bonds. The molecule has 16 heavy (non-hydrogen) atoms. The molecule has 1 aliphatic carbocycles. The summed E-state index contributed by atoms with van der Waals surface area (Å²) in [6, 6.07) is 3.72. The van der Waals surface area contributed by atoms with Crippen LogP contribution < -0.4 is 5.32 Å². The molecule has 0 aliphatic heterocycles. The highest BCUT2D eigenvalue weighted by Crippen LogP contribution is 2.23. The summed E-state index contributed by atoms with van der Waals surface area (Å²) in [5.74, 6) is -0.0838. The van der Waals surface area contributed by atoms with Gasteiger partial charge in [-0.15, -0.1) is 0 Å². The van der Waals surface area contributed by atoms with Gasteiger partial charge in [-0.05, 0) is 40.9 Å². The predicted molar refractivity (Wildman–Crippen MR) is 63.2 cm³/mol. The molecule has 0 unspecified atom stereocenters. The van der Waals surface area contributed by atoms with Crippen molar-refractivity contribution in [2.75, 3.05) is 7.11 Å². The first-order valence-corrected chi connectivity index (χ1v) is 5.94. The van der Waals surface area contributed by atoms with Crippen LogP contribution in [0.15, 0.2) is 22.9 Å². The van der Waals surface area contributed by atoms with E-state index in [0.717, 1.165) is 12.8 Å². The van der Waals surface area contributed by atoms with Crippen LogP contribution in [-0.2, 0) is 4.74 Å². The minimum absolute atomic E-state index is 0.0838. The second-order valence-corrected chi connectivity index (χ2v) is 4.59. The Kier molecular flexibility index (Phi) is 3.56. The van der Waals surface area contributed by atoms with Gasteiger partial charge in [0.25, 0.3) is 5.91 Å². The van der Waals surface area contributed by atoms with Gasteiger partial charge in [-0.3, -0.25) is 4.79 Å². The molecule has 0 saturated heterocycles. The summed E-state index contributed by atoms with van der Waals surface area (Å²) in [5, 5.41) is 2.95. The number of hydrogen-bond donors (Lipinski definition) is 1. The summed E-state index contributed by atoms with van der Waals surface area (Å²) in [4.78, 5) is 15.9. The van der Waals surface area contributed by atoms with Crippen LogP contribution in [-0.4, -0.2) is 30.1 Å². The van der Waals surface area contributed by atoms with Crippen molar-refractivity contribution in [3.05, 3.63) is 28.5 Å². The van der Waals surface area contributed by atoms with Crippen molar-refractivity contribution in [2.24, 2.45) is 0 Å². The molecule has 0 radical (unpaired) electrons. The van der Waals surface area contributed by atoms with Crippen LogP contribution >= 0.6 is 15.9 Å². The molecule has 1 aromatic rings. The summed E-state index contributed by atoms with van der Waals surface area (Å²) < 4.78 is 5.73. The second kappa shape index (κ2) is 4.93. The average Bonchev–Trinajstić information content (AvgIpc) is 2.23. The number of amides is 1. The molecule has 0 atom stereocenters. The first-order valence-electron chi connectivity index (χ1n) is 5.15. The number of aromatic nitrogens is 1. The van der Waals surface area contributed by atoms with E-state index in [0.29, 0.717) is 16.3 Å². The number of carbonyl (C=O) groups excluding carboxylic acids is 1. The minimum atomic E-state index is -0.0838. The Morgan fingerprint density at radius 3 is 3.00 bits per heavy atom. The molecule has 4 nitrogen and oxygen atoms in total. The molecule has 1 N–H and O–H groups in total. The number of rotatable bonds is 3. The van der Waals surface area contributed by atoms with Gasteiger partial charge in [-0.2, -0.15) is 0 Å². The first-order chi connectivity index (χ1) is 7.70. The Labute approximate surface area is 103 Å². The van der Waals surface area contributed by atoms with Gasteiger partial charge in [-0.25, -0.2) is 4.98 Å². The maximum Gasteiger partial charge on any atom is 0.254 e. The van der Waals surface area contributed by atoms with E-state index in [1.807, 2.05) is 0 Å². The molecular formula is C11H13BrN2O2. The van der Waals surface area contributed by atoms with Crippen LogP contribution in [0.2, 0.25) is 0 Å².